The zero-order valence-corrected chi connectivity index (χ0v) is 20.5. The minimum atomic E-state index is -0.255. The molecule has 2 amide bonds. The first-order valence-electron chi connectivity index (χ1n) is 11.9. The summed E-state index contributed by atoms with van der Waals surface area (Å²) in [6, 6.07) is 30.6. The molecule has 36 heavy (non-hydrogen) atoms. The number of para-hydroxylation sites is 2. The zero-order chi connectivity index (χ0) is 24.9. The Morgan fingerprint density at radius 3 is 2.19 bits per heavy atom. The van der Waals surface area contributed by atoms with Gasteiger partial charge in [-0.2, -0.15) is 0 Å². The largest absolute Gasteiger partial charge is 0.366 e. The summed E-state index contributed by atoms with van der Waals surface area (Å²) in [6.45, 7) is 2.66. The minimum absolute atomic E-state index is 0.0546. The van der Waals surface area contributed by atoms with E-state index in [0.29, 0.717) is 37.3 Å². The van der Waals surface area contributed by atoms with Crippen LogP contribution in [0.3, 0.4) is 0 Å². The summed E-state index contributed by atoms with van der Waals surface area (Å²) >= 11 is 5.49. The highest BCUT2D eigenvalue weighted by molar-refractivity contribution is 7.80. The standard InChI is InChI=1S/C29H26N4O2S/c34-27(24-14-8-12-21-9-4-5-13-23(21)24)31-29(36)30-25-15-6-7-16-26(25)32-17-19-33(20-18-32)28(35)22-10-2-1-3-11-22/h1-16H,17-20H2,(H2,30,31,34,36). The predicted molar refractivity (Wildman–Crippen MR) is 149 cm³/mol. The number of rotatable bonds is 4. The van der Waals surface area contributed by atoms with Crippen molar-refractivity contribution in [3.63, 3.8) is 0 Å². The summed E-state index contributed by atoms with van der Waals surface area (Å²) in [5, 5.41) is 8.12. The molecule has 0 radical (unpaired) electrons. The number of benzene rings is 4. The molecular formula is C29H26N4O2S. The first-order valence-corrected chi connectivity index (χ1v) is 12.3. The SMILES string of the molecule is O=C(NC(=S)Nc1ccccc1N1CCN(C(=O)c2ccccc2)CC1)c1cccc2ccccc12. The highest BCUT2D eigenvalue weighted by atomic mass is 32.1. The maximum atomic E-state index is 13.0. The molecule has 7 heteroatoms. The lowest BCUT2D eigenvalue weighted by molar-refractivity contribution is 0.0746. The van der Waals surface area contributed by atoms with Gasteiger partial charge in [0.1, 0.15) is 0 Å². The molecule has 0 aromatic heterocycles. The molecule has 1 aliphatic rings. The van der Waals surface area contributed by atoms with Crippen LogP contribution in [-0.4, -0.2) is 48.0 Å². The van der Waals surface area contributed by atoms with Gasteiger partial charge in [0.15, 0.2) is 5.11 Å². The maximum Gasteiger partial charge on any atom is 0.258 e. The van der Waals surface area contributed by atoms with Crippen LogP contribution >= 0.6 is 12.2 Å². The molecule has 1 heterocycles. The number of carbonyl (C=O) groups excluding carboxylic acids is 2. The molecule has 0 aliphatic carbocycles. The van der Waals surface area contributed by atoms with Crippen molar-refractivity contribution in [3.05, 3.63) is 108 Å². The number of thiocarbonyl (C=S) groups is 1. The molecule has 0 atom stereocenters. The fourth-order valence-electron chi connectivity index (χ4n) is 4.52. The van der Waals surface area contributed by atoms with Crippen molar-refractivity contribution in [1.82, 2.24) is 10.2 Å². The van der Waals surface area contributed by atoms with Crippen LogP contribution in [0.25, 0.3) is 10.8 Å². The molecule has 180 valence electrons. The van der Waals surface area contributed by atoms with E-state index in [1.165, 1.54) is 0 Å². The Hall–Kier alpha value is -4.23. The van der Waals surface area contributed by atoms with Crippen LogP contribution in [0.2, 0.25) is 0 Å². The van der Waals surface area contributed by atoms with Gasteiger partial charge in [0.05, 0.1) is 11.4 Å². The van der Waals surface area contributed by atoms with Crippen LogP contribution in [0.15, 0.2) is 97.1 Å². The Bertz CT molecular complexity index is 1410. The van der Waals surface area contributed by atoms with Gasteiger partial charge in [0.2, 0.25) is 0 Å². The van der Waals surface area contributed by atoms with E-state index in [9.17, 15) is 9.59 Å². The van der Waals surface area contributed by atoms with Gasteiger partial charge in [-0.05, 0) is 53.3 Å². The lowest BCUT2D eigenvalue weighted by Gasteiger charge is -2.37. The van der Waals surface area contributed by atoms with Crippen molar-refractivity contribution >= 4 is 51.3 Å². The van der Waals surface area contributed by atoms with Gasteiger partial charge in [-0.3, -0.25) is 14.9 Å². The fourth-order valence-corrected chi connectivity index (χ4v) is 4.72. The third-order valence-electron chi connectivity index (χ3n) is 6.34. The lowest BCUT2D eigenvalue weighted by atomic mass is 10.0. The first-order chi connectivity index (χ1) is 17.6. The molecule has 0 unspecified atom stereocenters. The van der Waals surface area contributed by atoms with Gasteiger partial charge < -0.3 is 15.1 Å². The minimum Gasteiger partial charge on any atom is -0.366 e. The molecule has 0 spiro atoms. The number of nitrogens with one attached hydrogen (secondary N) is 2. The van der Waals surface area contributed by atoms with Crippen molar-refractivity contribution in [2.75, 3.05) is 36.4 Å². The highest BCUT2D eigenvalue weighted by Crippen LogP contribution is 2.27. The number of nitrogens with zero attached hydrogens (tertiary/aromatic N) is 2. The zero-order valence-electron chi connectivity index (χ0n) is 19.7. The third-order valence-corrected chi connectivity index (χ3v) is 6.55. The van der Waals surface area contributed by atoms with Gasteiger partial charge in [0.25, 0.3) is 11.8 Å². The van der Waals surface area contributed by atoms with Crippen LogP contribution in [-0.2, 0) is 0 Å². The molecule has 5 rings (SSSR count). The molecular weight excluding hydrogens is 468 g/mol. The second-order valence-corrected chi connectivity index (χ2v) is 9.01. The molecule has 1 fully saturated rings. The third kappa shape index (κ3) is 5.06. The van der Waals surface area contributed by atoms with E-state index in [1.807, 2.05) is 95.9 Å². The van der Waals surface area contributed by atoms with E-state index in [-0.39, 0.29) is 16.9 Å². The Labute approximate surface area is 215 Å². The van der Waals surface area contributed by atoms with Crippen molar-refractivity contribution < 1.29 is 9.59 Å². The second kappa shape index (κ2) is 10.6. The van der Waals surface area contributed by atoms with Crippen molar-refractivity contribution in [3.8, 4) is 0 Å². The van der Waals surface area contributed by atoms with Gasteiger partial charge >= 0.3 is 0 Å². The summed E-state index contributed by atoms with van der Waals surface area (Å²) < 4.78 is 0. The van der Waals surface area contributed by atoms with Crippen LogP contribution in [0.4, 0.5) is 11.4 Å². The summed E-state index contributed by atoms with van der Waals surface area (Å²) in [5.41, 5.74) is 3.07. The van der Waals surface area contributed by atoms with E-state index in [0.717, 1.165) is 22.1 Å². The van der Waals surface area contributed by atoms with Crippen molar-refractivity contribution in [1.29, 1.82) is 0 Å². The Balaban J connectivity index is 1.24. The molecule has 4 aromatic rings. The summed E-state index contributed by atoms with van der Waals surface area (Å²) in [7, 11) is 0. The Kier molecular flexibility index (Phi) is 6.91. The highest BCUT2D eigenvalue weighted by Gasteiger charge is 2.23. The van der Waals surface area contributed by atoms with Crippen LogP contribution < -0.4 is 15.5 Å². The summed E-state index contributed by atoms with van der Waals surface area (Å²) in [5.74, 6) is -0.200. The van der Waals surface area contributed by atoms with Crippen LogP contribution in [0.1, 0.15) is 20.7 Å². The molecule has 0 bridgehead atoms. The molecule has 0 saturated carbocycles. The lowest BCUT2D eigenvalue weighted by Crippen LogP contribution is -2.49. The smallest absolute Gasteiger partial charge is 0.258 e. The van der Waals surface area contributed by atoms with Gasteiger partial charge in [-0.1, -0.05) is 66.7 Å². The monoisotopic (exact) mass is 494 g/mol. The van der Waals surface area contributed by atoms with E-state index >= 15 is 0 Å². The van der Waals surface area contributed by atoms with Gasteiger partial charge in [0, 0.05) is 37.3 Å². The van der Waals surface area contributed by atoms with E-state index in [4.69, 9.17) is 12.2 Å². The Morgan fingerprint density at radius 1 is 0.722 bits per heavy atom. The van der Waals surface area contributed by atoms with Crippen molar-refractivity contribution in [2.24, 2.45) is 0 Å². The van der Waals surface area contributed by atoms with Crippen LogP contribution in [0.5, 0.6) is 0 Å². The summed E-state index contributed by atoms with van der Waals surface area (Å²) in [4.78, 5) is 29.9. The van der Waals surface area contributed by atoms with E-state index < -0.39 is 0 Å². The molecule has 4 aromatic carbocycles. The van der Waals surface area contributed by atoms with Gasteiger partial charge in [-0.15, -0.1) is 0 Å². The summed E-state index contributed by atoms with van der Waals surface area (Å²) in [6.07, 6.45) is 0. The number of carbonyl (C=O) groups is 2. The average Bonchev–Trinajstić information content (AvgIpc) is 2.93. The average molecular weight is 495 g/mol. The normalized spacial score (nSPS) is 13.3. The maximum absolute atomic E-state index is 13.0. The quantitative estimate of drug-likeness (QED) is 0.394. The number of anilines is 2. The topological polar surface area (TPSA) is 64.7 Å². The predicted octanol–water partition coefficient (Wildman–Crippen LogP) is 4.93. The number of fused-ring (bicyclic) bond motifs is 1. The van der Waals surface area contributed by atoms with Gasteiger partial charge in [-0.25, -0.2) is 0 Å². The molecule has 6 nitrogen and oxygen atoms in total. The number of piperazine rings is 1. The molecule has 1 aliphatic heterocycles. The number of hydrogen-bond donors (Lipinski definition) is 2. The van der Waals surface area contributed by atoms with E-state index in [2.05, 4.69) is 15.5 Å². The Morgan fingerprint density at radius 2 is 1.39 bits per heavy atom. The molecule has 2 N–H and O–H groups in total. The fraction of sp³-hybridized carbons (Fsp3) is 0.138. The molecule has 1 saturated heterocycles. The number of hydrogen-bond acceptors (Lipinski definition) is 4. The van der Waals surface area contributed by atoms with E-state index in [1.54, 1.807) is 6.07 Å². The number of amides is 2. The second-order valence-electron chi connectivity index (χ2n) is 8.60. The van der Waals surface area contributed by atoms with Crippen LogP contribution in [0, 0.1) is 0 Å². The van der Waals surface area contributed by atoms with Crippen molar-refractivity contribution in [2.45, 2.75) is 0 Å². The first kappa shape index (κ1) is 23.5.